The number of halogens is 1. The lowest BCUT2D eigenvalue weighted by Crippen LogP contribution is -2.13. The van der Waals surface area contributed by atoms with Crippen LogP contribution in [0.4, 0.5) is 0 Å². The van der Waals surface area contributed by atoms with Crippen molar-refractivity contribution in [3.8, 4) is 5.75 Å². The zero-order valence-corrected chi connectivity index (χ0v) is 15.0. The fourth-order valence-electron chi connectivity index (χ4n) is 2.76. The molecule has 0 spiro atoms. The Bertz CT molecular complexity index is 910. The molecule has 0 aliphatic rings. The van der Waals surface area contributed by atoms with Gasteiger partial charge < -0.3 is 9.84 Å². The first-order valence-electron chi connectivity index (χ1n) is 7.85. The first-order valence-corrected chi connectivity index (χ1v) is 8.86. The molecule has 25 heavy (non-hydrogen) atoms. The third kappa shape index (κ3) is 3.66. The molecule has 0 aromatic heterocycles. The maximum absolute atomic E-state index is 12.7. The summed E-state index contributed by atoms with van der Waals surface area (Å²) in [6.45, 7) is 0.480. The van der Waals surface area contributed by atoms with Gasteiger partial charge in [-0.05, 0) is 29.1 Å². The molecular formula is C20H17ClO3S. The number of carbonyl (C=O) groups is 1. The summed E-state index contributed by atoms with van der Waals surface area (Å²) < 4.78 is 5.70. The van der Waals surface area contributed by atoms with Crippen molar-refractivity contribution in [2.75, 3.05) is 12.4 Å². The Morgan fingerprint density at radius 3 is 2.44 bits per heavy atom. The van der Waals surface area contributed by atoms with Crippen LogP contribution in [0.25, 0.3) is 10.8 Å². The molecule has 0 aliphatic carbocycles. The second kappa shape index (κ2) is 7.91. The zero-order valence-electron chi connectivity index (χ0n) is 13.4. The van der Waals surface area contributed by atoms with E-state index in [1.165, 1.54) is 0 Å². The highest BCUT2D eigenvalue weighted by Gasteiger charge is 2.23. The molecule has 1 N–H and O–H groups in total. The number of ketones is 1. The van der Waals surface area contributed by atoms with Gasteiger partial charge in [-0.1, -0.05) is 54.1 Å². The minimum absolute atomic E-state index is 0.302. The fourth-order valence-corrected chi connectivity index (χ4v) is 3.08. The van der Waals surface area contributed by atoms with Crippen LogP contribution in [-0.2, 0) is 0 Å². The summed E-state index contributed by atoms with van der Waals surface area (Å²) in [5, 5.41) is 12.6. The van der Waals surface area contributed by atoms with E-state index in [1.807, 2.05) is 24.3 Å². The van der Waals surface area contributed by atoms with Crippen LogP contribution >= 0.6 is 24.2 Å². The number of hydrogen-bond acceptors (Lipinski definition) is 4. The van der Waals surface area contributed by atoms with E-state index in [2.05, 4.69) is 12.6 Å². The van der Waals surface area contributed by atoms with Gasteiger partial charge in [0.2, 0.25) is 0 Å². The number of fused-ring (bicyclic) bond motifs is 1. The quantitative estimate of drug-likeness (QED) is 0.486. The van der Waals surface area contributed by atoms with Crippen LogP contribution in [0.15, 0.2) is 60.7 Å². The van der Waals surface area contributed by atoms with Crippen molar-refractivity contribution in [1.82, 2.24) is 0 Å². The topological polar surface area (TPSA) is 46.5 Å². The molecule has 3 rings (SSSR count). The molecule has 0 bridgehead atoms. The largest absolute Gasteiger partial charge is 0.492 e. The molecule has 0 saturated heterocycles. The maximum atomic E-state index is 12.7. The monoisotopic (exact) mass is 372 g/mol. The third-order valence-corrected chi connectivity index (χ3v) is 4.46. The van der Waals surface area contributed by atoms with E-state index in [0.717, 1.165) is 10.8 Å². The number of benzene rings is 3. The van der Waals surface area contributed by atoms with Gasteiger partial charge in [-0.25, -0.2) is 0 Å². The summed E-state index contributed by atoms with van der Waals surface area (Å²) >= 11 is 10.2. The molecule has 3 aromatic rings. The van der Waals surface area contributed by atoms with Gasteiger partial charge in [0.05, 0.1) is 11.6 Å². The van der Waals surface area contributed by atoms with Crippen molar-refractivity contribution in [2.45, 2.75) is 6.10 Å². The van der Waals surface area contributed by atoms with Crippen molar-refractivity contribution in [3.63, 3.8) is 0 Å². The number of carbonyl (C=O) groups excluding carboxylic acids is 1. The summed E-state index contributed by atoms with van der Waals surface area (Å²) in [5.74, 6) is 0.870. The fraction of sp³-hybridized carbons (Fsp3) is 0.150. The van der Waals surface area contributed by atoms with Crippen LogP contribution < -0.4 is 4.74 Å². The number of Topliss-reactive ketones (excluding diaryl/α,β-unsaturated/α-hetero) is 1. The summed E-state index contributed by atoms with van der Waals surface area (Å²) in [6.07, 6.45) is -1.30. The van der Waals surface area contributed by atoms with Crippen LogP contribution in [0.1, 0.15) is 22.0 Å². The van der Waals surface area contributed by atoms with Gasteiger partial charge >= 0.3 is 0 Å². The van der Waals surface area contributed by atoms with Crippen LogP contribution in [-0.4, -0.2) is 23.2 Å². The highest BCUT2D eigenvalue weighted by molar-refractivity contribution is 7.80. The minimum atomic E-state index is -1.30. The maximum Gasteiger partial charge on any atom is 0.197 e. The van der Waals surface area contributed by atoms with Crippen molar-refractivity contribution < 1.29 is 14.6 Å². The lowest BCUT2D eigenvalue weighted by molar-refractivity contribution is 0.0750. The Balaban J connectivity index is 2.04. The third-order valence-electron chi connectivity index (χ3n) is 3.95. The molecule has 0 heterocycles. The summed E-state index contributed by atoms with van der Waals surface area (Å²) in [7, 11) is 0. The van der Waals surface area contributed by atoms with Crippen molar-refractivity contribution >= 4 is 40.8 Å². The van der Waals surface area contributed by atoms with Gasteiger partial charge in [0.15, 0.2) is 5.78 Å². The molecule has 0 fully saturated rings. The summed E-state index contributed by atoms with van der Waals surface area (Å²) in [5.41, 5.74) is 0.829. The molecule has 0 aliphatic heterocycles. The summed E-state index contributed by atoms with van der Waals surface area (Å²) in [4.78, 5) is 12.7. The van der Waals surface area contributed by atoms with Gasteiger partial charge in [0.25, 0.3) is 0 Å². The Morgan fingerprint density at radius 2 is 1.72 bits per heavy atom. The van der Waals surface area contributed by atoms with E-state index < -0.39 is 11.9 Å². The van der Waals surface area contributed by atoms with E-state index in [0.29, 0.717) is 34.3 Å². The van der Waals surface area contributed by atoms with E-state index in [4.69, 9.17) is 16.3 Å². The first kappa shape index (κ1) is 17.8. The zero-order chi connectivity index (χ0) is 17.8. The Morgan fingerprint density at radius 1 is 1.04 bits per heavy atom. The molecule has 0 amide bonds. The van der Waals surface area contributed by atoms with Crippen molar-refractivity contribution in [1.29, 1.82) is 0 Å². The minimum Gasteiger partial charge on any atom is -0.492 e. The van der Waals surface area contributed by atoms with Gasteiger partial charge in [0, 0.05) is 16.7 Å². The molecule has 5 heteroatoms. The van der Waals surface area contributed by atoms with Gasteiger partial charge in [0.1, 0.15) is 11.9 Å². The summed E-state index contributed by atoms with van der Waals surface area (Å²) in [6, 6.07) is 17.7. The number of ether oxygens (including phenoxy) is 1. The highest BCUT2D eigenvalue weighted by atomic mass is 35.5. The molecule has 3 nitrogen and oxygen atoms in total. The molecule has 1 unspecified atom stereocenters. The number of thiol groups is 1. The van der Waals surface area contributed by atoms with Gasteiger partial charge in [-0.2, -0.15) is 12.6 Å². The molecule has 128 valence electrons. The smallest absolute Gasteiger partial charge is 0.197 e. The number of rotatable bonds is 6. The average Bonchev–Trinajstić information content (AvgIpc) is 2.65. The lowest BCUT2D eigenvalue weighted by atomic mass is 9.94. The normalized spacial score (nSPS) is 12.1. The molecule has 3 aromatic carbocycles. The number of aliphatic hydroxyl groups is 1. The SMILES string of the molecule is O=C(c1ccccc1Cl)C(O)c1ccc(OCCS)c2ccccc12. The molecular weight excluding hydrogens is 356 g/mol. The number of aliphatic hydroxyl groups excluding tert-OH is 1. The average molecular weight is 373 g/mol. The Kier molecular flexibility index (Phi) is 5.63. The Labute approximate surface area is 156 Å². The van der Waals surface area contributed by atoms with E-state index >= 15 is 0 Å². The van der Waals surface area contributed by atoms with E-state index in [-0.39, 0.29) is 0 Å². The Hall–Kier alpha value is -2.01. The molecule has 0 saturated carbocycles. The highest BCUT2D eigenvalue weighted by Crippen LogP contribution is 2.33. The predicted molar refractivity (Wildman–Crippen MR) is 104 cm³/mol. The van der Waals surface area contributed by atoms with E-state index in [1.54, 1.807) is 36.4 Å². The van der Waals surface area contributed by atoms with Gasteiger partial charge in [-0.3, -0.25) is 4.79 Å². The van der Waals surface area contributed by atoms with E-state index in [9.17, 15) is 9.90 Å². The van der Waals surface area contributed by atoms with Crippen LogP contribution in [0, 0.1) is 0 Å². The standard InChI is InChI=1S/C20H17ClO3S/c21-17-8-4-3-7-16(17)20(23)19(22)15-9-10-18(24-11-12-25)14-6-2-1-5-13(14)15/h1-10,19,22,25H,11-12H2. The van der Waals surface area contributed by atoms with Gasteiger partial charge in [-0.15, -0.1) is 0 Å². The van der Waals surface area contributed by atoms with Crippen LogP contribution in [0.3, 0.4) is 0 Å². The van der Waals surface area contributed by atoms with Crippen molar-refractivity contribution in [3.05, 3.63) is 76.8 Å². The second-order valence-corrected chi connectivity index (χ2v) is 6.37. The van der Waals surface area contributed by atoms with Crippen LogP contribution in [0.5, 0.6) is 5.75 Å². The predicted octanol–water partition coefficient (Wildman–Crippen LogP) is 4.72. The van der Waals surface area contributed by atoms with Crippen LogP contribution in [0.2, 0.25) is 5.02 Å². The molecule has 1 atom stereocenters. The second-order valence-electron chi connectivity index (χ2n) is 5.52. The lowest BCUT2D eigenvalue weighted by Gasteiger charge is -2.16. The molecule has 0 radical (unpaired) electrons. The number of hydrogen-bond donors (Lipinski definition) is 2. The van der Waals surface area contributed by atoms with Crippen molar-refractivity contribution in [2.24, 2.45) is 0 Å². The first-order chi connectivity index (χ1) is 12.1.